The van der Waals surface area contributed by atoms with Crippen LogP contribution in [0.3, 0.4) is 0 Å². The van der Waals surface area contributed by atoms with Crippen molar-refractivity contribution in [2.45, 2.75) is 52.9 Å². The lowest BCUT2D eigenvalue weighted by Crippen LogP contribution is -2.46. The van der Waals surface area contributed by atoms with Crippen LogP contribution >= 0.6 is 0 Å². The third-order valence-electron chi connectivity index (χ3n) is 2.73. The molecule has 21 heavy (non-hydrogen) atoms. The van der Waals surface area contributed by atoms with E-state index in [1.54, 1.807) is 6.92 Å². The van der Waals surface area contributed by atoms with Crippen molar-refractivity contribution in [1.82, 2.24) is 10.6 Å². The Labute approximate surface area is 128 Å². The molecule has 0 rings (SSSR count). The Morgan fingerprint density at radius 2 is 1.76 bits per heavy atom. The first-order valence-corrected chi connectivity index (χ1v) is 7.71. The third-order valence-corrected chi connectivity index (χ3v) is 2.73. The summed E-state index contributed by atoms with van der Waals surface area (Å²) in [7, 11) is 0. The Kier molecular flexibility index (Phi) is 11.5. The van der Waals surface area contributed by atoms with Crippen molar-refractivity contribution in [1.29, 1.82) is 0 Å². The maximum absolute atomic E-state index is 11.7. The summed E-state index contributed by atoms with van der Waals surface area (Å²) >= 11 is 0. The highest BCUT2D eigenvalue weighted by Crippen LogP contribution is 1.92. The lowest BCUT2D eigenvalue weighted by molar-refractivity contribution is -0.123. The van der Waals surface area contributed by atoms with Crippen LogP contribution in [0.2, 0.25) is 0 Å². The fourth-order valence-electron chi connectivity index (χ4n) is 1.48. The number of ether oxygens (including phenoxy) is 2. The molecule has 0 aromatic carbocycles. The van der Waals surface area contributed by atoms with Crippen LogP contribution in [0.5, 0.6) is 0 Å². The maximum Gasteiger partial charge on any atom is 0.236 e. The number of hydrogen-bond donors (Lipinski definition) is 3. The number of amides is 1. The third kappa shape index (κ3) is 12.7. The van der Waals surface area contributed by atoms with E-state index in [0.717, 1.165) is 0 Å². The Morgan fingerprint density at radius 1 is 1.10 bits per heavy atom. The topological polar surface area (TPSA) is 79.8 Å². The number of carbonyl (C=O) groups is 1. The summed E-state index contributed by atoms with van der Waals surface area (Å²) in [6.07, 6.45) is -0.449. The first-order valence-electron chi connectivity index (χ1n) is 7.71. The van der Waals surface area contributed by atoms with Crippen molar-refractivity contribution in [2.24, 2.45) is 5.92 Å². The summed E-state index contributed by atoms with van der Waals surface area (Å²) in [6.45, 7) is 12.0. The van der Waals surface area contributed by atoms with E-state index in [0.29, 0.717) is 32.2 Å². The van der Waals surface area contributed by atoms with E-state index < -0.39 is 6.10 Å². The van der Waals surface area contributed by atoms with Gasteiger partial charge in [0.15, 0.2) is 0 Å². The highest BCUT2D eigenvalue weighted by atomic mass is 16.5. The Morgan fingerprint density at radius 3 is 2.33 bits per heavy atom. The van der Waals surface area contributed by atoms with Gasteiger partial charge in [0.2, 0.25) is 5.91 Å². The first-order chi connectivity index (χ1) is 9.82. The molecule has 0 aliphatic rings. The van der Waals surface area contributed by atoms with Crippen LogP contribution < -0.4 is 10.6 Å². The molecule has 2 atom stereocenters. The molecule has 6 heteroatoms. The van der Waals surface area contributed by atoms with Crippen LogP contribution in [0.1, 0.15) is 34.6 Å². The van der Waals surface area contributed by atoms with Gasteiger partial charge in [0.1, 0.15) is 0 Å². The van der Waals surface area contributed by atoms with Crippen LogP contribution in [-0.2, 0) is 14.3 Å². The molecule has 0 saturated heterocycles. The monoisotopic (exact) mass is 304 g/mol. The van der Waals surface area contributed by atoms with Crippen LogP contribution in [0, 0.1) is 5.92 Å². The molecule has 0 aliphatic heterocycles. The van der Waals surface area contributed by atoms with Gasteiger partial charge >= 0.3 is 0 Å². The molecule has 1 amide bonds. The zero-order valence-corrected chi connectivity index (χ0v) is 14.0. The van der Waals surface area contributed by atoms with Gasteiger partial charge in [0.25, 0.3) is 0 Å². The van der Waals surface area contributed by atoms with Gasteiger partial charge in [-0.05, 0) is 26.7 Å². The molecule has 0 aromatic rings. The molecule has 6 nitrogen and oxygen atoms in total. The number of aliphatic hydroxyl groups is 1. The fourth-order valence-corrected chi connectivity index (χ4v) is 1.48. The smallest absolute Gasteiger partial charge is 0.236 e. The minimum absolute atomic E-state index is 0.0536. The molecule has 0 saturated carbocycles. The van der Waals surface area contributed by atoms with Crippen LogP contribution in [0.4, 0.5) is 0 Å². The van der Waals surface area contributed by atoms with Gasteiger partial charge in [-0.15, -0.1) is 0 Å². The lowest BCUT2D eigenvalue weighted by Gasteiger charge is -2.18. The molecule has 0 bridgehead atoms. The number of rotatable bonds is 12. The minimum Gasteiger partial charge on any atom is -0.389 e. The predicted octanol–water partition coefficient (Wildman–Crippen LogP) is 0.539. The quantitative estimate of drug-likeness (QED) is 0.459. The maximum atomic E-state index is 11.7. The van der Waals surface area contributed by atoms with Crippen LogP contribution in [0.25, 0.3) is 0 Å². The summed E-state index contributed by atoms with van der Waals surface area (Å²) in [5.74, 6) is 0.371. The molecule has 0 aromatic heterocycles. The Balaban J connectivity index is 3.62. The van der Waals surface area contributed by atoms with E-state index in [1.807, 2.05) is 27.7 Å². The van der Waals surface area contributed by atoms with Crippen molar-refractivity contribution in [2.75, 3.05) is 32.9 Å². The summed E-state index contributed by atoms with van der Waals surface area (Å²) in [5.41, 5.74) is 0. The van der Waals surface area contributed by atoms with Gasteiger partial charge in [0, 0.05) is 13.1 Å². The average Bonchev–Trinajstić information content (AvgIpc) is 2.41. The molecule has 0 aliphatic carbocycles. The van der Waals surface area contributed by atoms with E-state index in [4.69, 9.17) is 9.47 Å². The Hall–Kier alpha value is -0.690. The summed E-state index contributed by atoms with van der Waals surface area (Å²) in [4.78, 5) is 11.7. The van der Waals surface area contributed by atoms with Crippen molar-refractivity contribution in [3.05, 3.63) is 0 Å². The van der Waals surface area contributed by atoms with Crippen LogP contribution in [0.15, 0.2) is 0 Å². The van der Waals surface area contributed by atoms with E-state index in [-0.39, 0.29) is 24.7 Å². The van der Waals surface area contributed by atoms with E-state index >= 15 is 0 Å². The lowest BCUT2D eigenvalue weighted by atomic mass is 10.2. The average molecular weight is 304 g/mol. The molecule has 2 unspecified atom stereocenters. The molecular formula is C15H32N2O4. The second-order valence-corrected chi connectivity index (χ2v) is 5.92. The zero-order chi connectivity index (χ0) is 16.3. The van der Waals surface area contributed by atoms with Crippen molar-refractivity contribution >= 4 is 5.91 Å². The SMILES string of the molecule is CC(C)CNC(=O)C(C)NCC(O)COCCOC(C)C. The van der Waals surface area contributed by atoms with E-state index in [1.165, 1.54) is 0 Å². The van der Waals surface area contributed by atoms with Gasteiger partial charge < -0.3 is 25.2 Å². The number of hydrogen-bond acceptors (Lipinski definition) is 5. The van der Waals surface area contributed by atoms with Gasteiger partial charge in [-0.25, -0.2) is 0 Å². The molecule has 3 N–H and O–H groups in total. The molecule has 0 heterocycles. The second kappa shape index (κ2) is 11.9. The number of nitrogens with one attached hydrogen (secondary N) is 2. The molecule has 0 radical (unpaired) electrons. The van der Waals surface area contributed by atoms with Gasteiger partial charge in [-0.2, -0.15) is 0 Å². The normalized spacial score (nSPS) is 14.5. The number of aliphatic hydroxyl groups excluding tert-OH is 1. The number of carbonyl (C=O) groups excluding carboxylic acids is 1. The van der Waals surface area contributed by atoms with Crippen LogP contribution in [-0.4, -0.2) is 62.2 Å². The minimum atomic E-state index is -0.635. The molecule has 126 valence electrons. The standard InChI is InChI=1S/C15H32N2O4/c1-11(2)8-17-15(19)13(5)16-9-14(18)10-20-6-7-21-12(3)4/h11-14,16,18H,6-10H2,1-5H3,(H,17,19). The van der Waals surface area contributed by atoms with Crippen molar-refractivity contribution in [3.8, 4) is 0 Å². The van der Waals surface area contributed by atoms with Gasteiger partial charge in [-0.1, -0.05) is 13.8 Å². The van der Waals surface area contributed by atoms with Gasteiger partial charge in [0.05, 0.1) is 38.1 Å². The molecule has 0 fully saturated rings. The summed E-state index contributed by atoms with van der Waals surface area (Å²) in [5, 5.41) is 15.6. The fraction of sp³-hybridized carbons (Fsp3) is 0.933. The Bertz CT molecular complexity index is 272. The predicted molar refractivity (Wildman–Crippen MR) is 83.2 cm³/mol. The first kappa shape index (κ1) is 20.3. The van der Waals surface area contributed by atoms with Crippen molar-refractivity contribution < 1.29 is 19.4 Å². The second-order valence-electron chi connectivity index (χ2n) is 5.92. The molecular weight excluding hydrogens is 272 g/mol. The van der Waals surface area contributed by atoms with Gasteiger partial charge in [-0.3, -0.25) is 4.79 Å². The van der Waals surface area contributed by atoms with E-state index in [2.05, 4.69) is 10.6 Å². The zero-order valence-electron chi connectivity index (χ0n) is 14.0. The summed E-state index contributed by atoms with van der Waals surface area (Å²) < 4.78 is 10.6. The summed E-state index contributed by atoms with van der Waals surface area (Å²) in [6, 6.07) is -0.331. The van der Waals surface area contributed by atoms with E-state index in [9.17, 15) is 9.90 Å². The highest BCUT2D eigenvalue weighted by Gasteiger charge is 2.14. The largest absolute Gasteiger partial charge is 0.389 e. The highest BCUT2D eigenvalue weighted by molar-refractivity contribution is 5.81. The van der Waals surface area contributed by atoms with Crippen molar-refractivity contribution in [3.63, 3.8) is 0 Å². The molecule has 0 spiro atoms.